The van der Waals surface area contributed by atoms with Crippen molar-refractivity contribution in [3.8, 4) is 0 Å². The maximum absolute atomic E-state index is 12.8. The minimum atomic E-state index is 0.0681. The molecule has 0 radical (unpaired) electrons. The second-order valence-electron chi connectivity index (χ2n) is 7.55. The van der Waals surface area contributed by atoms with E-state index in [0.717, 1.165) is 57.2 Å². The SMILES string of the molecule is CCCN(CCC)C(=O)C1CCC(C(=O)N(C)Cc2ccccc2)CC1. The van der Waals surface area contributed by atoms with Gasteiger partial charge < -0.3 is 9.80 Å². The van der Waals surface area contributed by atoms with Crippen LogP contribution in [0.4, 0.5) is 0 Å². The molecule has 1 aromatic carbocycles. The van der Waals surface area contributed by atoms with Gasteiger partial charge in [0.25, 0.3) is 0 Å². The van der Waals surface area contributed by atoms with Gasteiger partial charge in [-0.25, -0.2) is 0 Å². The Balaban J connectivity index is 1.84. The van der Waals surface area contributed by atoms with Gasteiger partial charge in [-0.15, -0.1) is 0 Å². The highest BCUT2D eigenvalue weighted by Crippen LogP contribution is 2.31. The molecular formula is C22H34N2O2. The number of carbonyl (C=O) groups is 2. The van der Waals surface area contributed by atoms with E-state index in [1.807, 2.05) is 35.0 Å². The minimum absolute atomic E-state index is 0.0681. The number of amides is 2. The van der Waals surface area contributed by atoms with E-state index in [2.05, 4.69) is 26.0 Å². The van der Waals surface area contributed by atoms with Gasteiger partial charge in [0, 0.05) is 38.5 Å². The molecule has 1 saturated carbocycles. The minimum Gasteiger partial charge on any atom is -0.342 e. The van der Waals surface area contributed by atoms with Crippen molar-refractivity contribution in [2.24, 2.45) is 11.8 Å². The van der Waals surface area contributed by atoms with Gasteiger partial charge in [-0.2, -0.15) is 0 Å². The second-order valence-corrected chi connectivity index (χ2v) is 7.55. The maximum atomic E-state index is 12.8. The van der Waals surface area contributed by atoms with Gasteiger partial charge in [-0.3, -0.25) is 9.59 Å². The van der Waals surface area contributed by atoms with Crippen LogP contribution in [0.3, 0.4) is 0 Å². The molecule has 0 bridgehead atoms. The lowest BCUT2D eigenvalue weighted by Crippen LogP contribution is -2.40. The molecule has 0 atom stereocenters. The van der Waals surface area contributed by atoms with E-state index in [1.165, 1.54) is 0 Å². The highest BCUT2D eigenvalue weighted by Gasteiger charge is 2.32. The molecule has 4 heteroatoms. The number of carbonyl (C=O) groups excluding carboxylic acids is 2. The smallest absolute Gasteiger partial charge is 0.225 e. The molecule has 0 spiro atoms. The molecule has 0 unspecified atom stereocenters. The van der Waals surface area contributed by atoms with Crippen LogP contribution in [0.1, 0.15) is 57.9 Å². The number of hydrogen-bond acceptors (Lipinski definition) is 2. The zero-order valence-corrected chi connectivity index (χ0v) is 16.6. The van der Waals surface area contributed by atoms with Crippen LogP contribution in [0, 0.1) is 11.8 Å². The molecule has 0 N–H and O–H groups in total. The highest BCUT2D eigenvalue weighted by molar-refractivity contribution is 5.81. The summed E-state index contributed by atoms with van der Waals surface area (Å²) in [5.74, 6) is 0.700. The lowest BCUT2D eigenvalue weighted by atomic mass is 9.80. The first-order valence-electron chi connectivity index (χ1n) is 10.1. The van der Waals surface area contributed by atoms with Crippen LogP contribution in [0.5, 0.6) is 0 Å². The lowest BCUT2D eigenvalue weighted by molar-refractivity contribution is -0.141. The molecule has 1 aliphatic carbocycles. The summed E-state index contributed by atoms with van der Waals surface area (Å²) < 4.78 is 0. The number of benzene rings is 1. The third kappa shape index (κ3) is 5.58. The van der Waals surface area contributed by atoms with Gasteiger partial charge in [0.2, 0.25) is 11.8 Å². The van der Waals surface area contributed by atoms with Crippen molar-refractivity contribution < 1.29 is 9.59 Å². The monoisotopic (exact) mass is 358 g/mol. The number of hydrogen-bond donors (Lipinski definition) is 0. The second kappa shape index (κ2) is 10.3. The van der Waals surface area contributed by atoms with Gasteiger partial charge in [-0.1, -0.05) is 44.2 Å². The summed E-state index contributed by atoms with van der Waals surface area (Å²) in [7, 11) is 1.89. The summed E-state index contributed by atoms with van der Waals surface area (Å²) in [4.78, 5) is 29.4. The van der Waals surface area contributed by atoms with E-state index in [0.29, 0.717) is 12.5 Å². The largest absolute Gasteiger partial charge is 0.342 e. The molecule has 1 fully saturated rings. The molecule has 0 aliphatic heterocycles. The Morgan fingerprint density at radius 2 is 1.38 bits per heavy atom. The molecule has 1 aromatic rings. The van der Waals surface area contributed by atoms with Crippen LogP contribution in [-0.2, 0) is 16.1 Å². The Morgan fingerprint density at radius 1 is 0.885 bits per heavy atom. The summed E-state index contributed by atoms with van der Waals surface area (Å²) in [5.41, 5.74) is 1.15. The zero-order valence-electron chi connectivity index (χ0n) is 16.6. The van der Waals surface area contributed by atoms with Crippen molar-refractivity contribution in [1.82, 2.24) is 9.80 Å². The predicted molar refractivity (Wildman–Crippen MR) is 106 cm³/mol. The van der Waals surface area contributed by atoms with Crippen LogP contribution < -0.4 is 0 Å². The summed E-state index contributed by atoms with van der Waals surface area (Å²) in [6.07, 6.45) is 5.37. The Bertz CT molecular complexity index is 559. The fourth-order valence-electron chi connectivity index (χ4n) is 3.96. The van der Waals surface area contributed by atoms with Crippen molar-refractivity contribution in [1.29, 1.82) is 0 Å². The van der Waals surface area contributed by atoms with Gasteiger partial charge in [0.15, 0.2) is 0 Å². The predicted octanol–water partition coefficient (Wildman–Crippen LogP) is 4.10. The van der Waals surface area contributed by atoms with Crippen molar-refractivity contribution >= 4 is 11.8 Å². The van der Waals surface area contributed by atoms with Crippen LogP contribution in [-0.4, -0.2) is 41.8 Å². The molecule has 26 heavy (non-hydrogen) atoms. The molecule has 0 saturated heterocycles. The highest BCUT2D eigenvalue weighted by atomic mass is 16.2. The molecular weight excluding hydrogens is 324 g/mol. The summed E-state index contributed by atoms with van der Waals surface area (Å²) in [6, 6.07) is 10.1. The van der Waals surface area contributed by atoms with Crippen molar-refractivity contribution in [3.63, 3.8) is 0 Å². The lowest BCUT2D eigenvalue weighted by Gasteiger charge is -2.33. The van der Waals surface area contributed by atoms with Crippen LogP contribution in [0.2, 0.25) is 0 Å². The third-order valence-electron chi connectivity index (χ3n) is 5.36. The quantitative estimate of drug-likeness (QED) is 0.702. The molecule has 4 nitrogen and oxygen atoms in total. The van der Waals surface area contributed by atoms with Crippen LogP contribution in [0.25, 0.3) is 0 Å². The fraction of sp³-hybridized carbons (Fsp3) is 0.636. The molecule has 144 valence electrons. The van der Waals surface area contributed by atoms with E-state index in [9.17, 15) is 9.59 Å². The zero-order chi connectivity index (χ0) is 18.9. The van der Waals surface area contributed by atoms with Crippen molar-refractivity contribution in [2.75, 3.05) is 20.1 Å². The van der Waals surface area contributed by atoms with E-state index in [-0.39, 0.29) is 17.7 Å². The number of rotatable bonds is 8. The summed E-state index contributed by atoms with van der Waals surface area (Å²) in [5, 5.41) is 0. The standard InChI is InChI=1S/C22H34N2O2/c1-4-15-24(16-5-2)22(26)20-13-11-19(12-14-20)21(25)23(3)17-18-9-7-6-8-10-18/h6-10,19-20H,4-5,11-17H2,1-3H3. The van der Waals surface area contributed by atoms with E-state index < -0.39 is 0 Å². The average molecular weight is 359 g/mol. The third-order valence-corrected chi connectivity index (χ3v) is 5.36. The Labute approximate surface area is 158 Å². The Morgan fingerprint density at radius 3 is 1.88 bits per heavy atom. The van der Waals surface area contributed by atoms with E-state index in [4.69, 9.17) is 0 Å². The molecule has 0 aromatic heterocycles. The number of nitrogens with zero attached hydrogens (tertiary/aromatic N) is 2. The van der Waals surface area contributed by atoms with Crippen LogP contribution >= 0.6 is 0 Å². The molecule has 2 amide bonds. The van der Waals surface area contributed by atoms with Gasteiger partial charge in [0.05, 0.1) is 0 Å². The topological polar surface area (TPSA) is 40.6 Å². The van der Waals surface area contributed by atoms with Crippen molar-refractivity contribution in [2.45, 2.75) is 58.9 Å². The average Bonchev–Trinajstić information content (AvgIpc) is 2.67. The fourth-order valence-corrected chi connectivity index (χ4v) is 3.96. The first kappa shape index (κ1) is 20.5. The van der Waals surface area contributed by atoms with E-state index in [1.54, 1.807) is 0 Å². The Kier molecular flexibility index (Phi) is 8.14. The van der Waals surface area contributed by atoms with Gasteiger partial charge in [-0.05, 0) is 44.1 Å². The molecule has 2 rings (SSSR count). The van der Waals surface area contributed by atoms with Crippen LogP contribution in [0.15, 0.2) is 30.3 Å². The van der Waals surface area contributed by atoms with Gasteiger partial charge >= 0.3 is 0 Å². The first-order chi connectivity index (χ1) is 12.6. The normalized spacial score (nSPS) is 19.8. The first-order valence-corrected chi connectivity index (χ1v) is 10.1. The Hall–Kier alpha value is -1.84. The van der Waals surface area contributed by atoms with Gasteiger partial charge in [0.1, 0.15) is 0 Å². The summed E-state index contributed by atoms with van der Waals surface area (Å²) in [6.45, 7) is 6.60. The maximum Gasteiger partial charge on any atom is 0.225 e. The summed E-state index contributed by atoms with van der Waals surface area (Å²) >= 11 is 0. The molecule has 0 heterocycles. The van der Waals surface area contributed by atoms with E-state index >= 15 is 0 Å². The molecule has 1 aliphatic rings. The van der Waals surface area contributed by atoms with Crippen molar-refractivity contribution in [3.05, 3.63) is 35.9 Å².